The zero-order valence-electron chi connectivity index (χ0n) is 34.6. The first-order chi connectivity index (χ1) is 31.5. The molecule has 0 bridgehead atoms. The maximum atomic E-state index is 13.7. The molecule has 1 unspecified atom stereocenters. The Bertz CT molecular complexity index is 2770. The number of nitro groups is 1. The fourth-order valence-corrected chi connectivity index (χ4v) is 8.48. The number of phenols is 2. The topological polar surface area (TPSA) is 255 Å². The van der Waals surface area contributed by atoms with Crippen molar-refractivity contribution in [3.05, 3.63) is 134 Å². The highest BCUT2D eigenvalue weighted by molar-refractivity contribution is 8.02. The molecule has 3 aromatic heterocycles. The number of hydrogen-bond donors (Lipinski definition) is 6. The van der Waals surface area contributed by atoms with Gasteiger partial charge in [-0.1, -0.05) is 42.5 Å². The van der Waals surface area contributed by atoms with Crippen molar-refractivity contribution >= 4 is 81.5 Å². The molecule has 1 aliphatic heterocycles. The number of fused-ring (bicyclic) bond motifs is 1. The van der Waals surface area contributed by atoms with E-state index in [1.165, 1.54) is 47.4 Å². The number of benzene rings is 3. The second-order valence-corrected chi connectivity index (χ2v) is 16.4. The molecular formula is C45H43N9O9S2. The molecule has 0 fully saturated rings. The fourth-order valence-electron chi connectivity index (χ4n) is 6.65. The van der Waals surface area contributed by atoms with Crippen molar-refractivity contribution in [1.82, 2.24) is 35.8 Å². The number of thiazole rings is 1. The third-order valence-electron chi connectivity index (χ3n) is 9.96. The minimum absolute atomic E-state index is 0.0693. The van der Waals surface area contributed by atoms with Gasteiger partial charge in [0.1, 0.15) is 49.8 Å². The summed E-state index contributed by atoms with van der Waals surface area (Å²) >= 11 is 2.62. The van der Waals surface area contributed by atoms with E-state index in [0.29, 0.717) is 65.1 Å². The Hall–Kier alpha value is -7.58. The first-order valence-electron chi connectivity index (χ1n) is 20.5. The van der Waals surface area contributed by atoms with Crippen molar-refractivity contribution in [3.8, 4) is 22.1 Å². The molecule has 0 radical (unpaired) electrons. The highest BCUT2D eigenvalue weighted by Gasteiger charge is 2.25. The van der Waals surface area contributed by atoms with Gasteiger partial charge in [0, 0.05) is 60.8 Å². The van der Waals surface area contributed by atoms with Gasteiger partial charge in [-0.2, -0.15) is 0 Å². The molecule has 4 amide bonds. The summed E-state index contributed by atoms with van der Waals surface area (Å²) in [6, 6.07) is 23.4. The molecule has 6 aromatic rings. The Balaban J connectivity index is 0.932. The lowest BCUT2D eigenvalue weighted by atomic mass is 10.2. The van der Waals surface area contributed by atoms with Crippen molar-refractivity contribution in [3.63, 3.8) is 0 Å². The average Bonchev–Trinajstić information content (AvgIpc) is 4.11. The smallest absolute Gasteiger partial charge is 0.433 e. The summed E-state index contributed by atoms with van der Waals surface area (Å²) in [6.45, 7) is 1.19. The van der Waals surface area contributed by atoms with Crippen molar-refractivity contribution in [2.45, 2.75) is 37.5 Å². The summed E-state index contributed by atoms with van der Waals surface area (Å²) in [5, 5.41) is 47.2. The number of rotatable bonds is 20. The molecule has 1 atom stereocenters. The standard InChI is InChI=1S/C45H43N9O9S2/c55-35-14-5-2-11-30(35)44-49-33(26-64-44)42(59)46-22-7-8-24-53(25-9-23-47-43(60)34-27-65-45(50-34)31-12-3-6-15-36(31)56)39(58)20-19-38(57)52-41-29-10-1-4-13-32(29)48-37(51-41)18-16-28-17-21-40(63-28)54(61)62/h1-6,10-18,21,26-27,45,50,55-56H,7-9,19-20,22-25H2,(H,46,59)(H,47,60)(H,48,51,52,57)/b18-16+. The van der Waals surface area contributed by atoms with E-state index >= 15 is 0 Å². The van der Waals surface area contributed by atoms with Crippen LogP contribution in [0.1, 0.15) is 65.1 Å². The van der Waals surface area contributed by atoms with Gasteiger partial charge in [0.25, 0.3) is 11.8 Å². The predicted octanol–water partition coefficient (Wildman–Crippen LogP) is 6.98. The summed E-state index contributed by atoms with van der Waals surface area (Å²) < 4.78 is 5.18. The largest absolute Gasteiger partial charge is 0.508 e. The Morgan fingerprint density at radius 3 is 2.37 bits per heavy atom. The number of amides is 4. The van der Waals surface area contributed by atoms with Crippen molar-refractivity contribution < 1.29 is 38.7 Å². The van der Waals surface area contributed by atoms with Crippen molar-refractivity contribution in [1.29, 1.82) is 0 Å². The van der Waals surface area contributed by atoms with Crippen LogP contribution in [0.2, 0.25) is 0 Å². The zero-order chi connectivity index (χ0) is 45.7. The molecule has 65 heavy (non-hydrogen) atoms. The summed E-state index contributed by atoms with van der Waals surface area (Å²) in [4.78, 5) is 78.3. The maximum absolute atomic E-state index is 13.7. The molecule has 6 N–H and O–H groups in total. The SMILES string of the molecule is O=C(CCC(=O)N(CCCCNC(=O)c1csc(-c2ccccc2O)n1)CCCNC(=O)C1=CSC(c2ccccc2O)N1)Nc1nc(/C=C/c2ccc([N+](=O)[O-])o2)nc2ccccc12. The summed E-state index contributed by atoms with van der Waals surface area (Å²) in [6.07, 6.45) is 4.18. The fraction of sp³-hybridized carbons (Fsp3) is 0.222. The Kier molecular flexibility index (Phi) is 15.2. The lowest BCUT2D eigenvalue weighted by Gasteiger charge is -2.23. The minimum atomic E-state index is -0.646. The van der Waals surface area contributed by atoms with E-state index in [1.54, 1.807) is 82.4 Å². The monoisotopic (exact) mass is 917 g/mol. The number of nitrogens with one attached hydrogen (secondary N) is 4. The van der Waals surface area contributed by atoms with Gasteiger partial charge in [-0.05, 0) is 67.8 Å². The first-order valence-corrected chi connectivity index (χ1v) is 22.3. The number of phenolic OH excluding ortho intramolecular Hbond substituents is 2. The van der Waals surface area contributed by atoms with E-state index in [4.69, 9.17) is 4.42 Å². The van der Waals surface area contributed by atoms with Gasteiger partial charge in [-0.15, -0.1) is 23.1 Å². The lowest BCUT2D eigenvalue weighted by Crippen LogP contribution is -2.37. The number of carbonyl (C=O) groups is 4. The number of aromatic hydroxyl groups is 2. The van der Waals surface area contributed by atoms with Crippen molar-refractivity contribution in [2.24, 2.45) is 0 Å². The number of nitrogens with zero attached hydrogens (tertiary/aromatic N) is 5. The molecule has 0 spiro atoms. The summed E-state index contributed by atoms with van der Waals surface area (Å²) in [7, 11) is 0. The minimum Gasteiger partial charge on any atom is -0.508 e. The van der Waals surface area contributed by atoms with Crippen LogP contribution in [-0.4, -0.2) is 84.8 Å². The molecular weight excluding hydrogens is 875 g/mol. The number of furan rings is 1. The highest BCUT2D eigenvalue weighted by atomic mass is 32.2. The zero-order valence-corrected chi connectivity index (χ0v) is 36.3. The molecule has 18 nitrogen and oxygen atoms in total. The molecule has 0 saturated carbocycles. The van der Waals surface area contributed by atoms with E-state index in [1.807, 2.05) is 6.07 Å². The third kappa shape index (κ3) is 12.1. The van der Waals surface area contributed by atoms with Gasteiger partial charge in [0.2, 0.25) is 11.8 Å². The Morgan fingerprint density at radius 1 is 0.831 bits per heavy atom. The molecule has 7 rings (SSSR count). The van der Waals surface area contributed by atoms with Crippen LogP contribution in [0.15, 0.2) is 106 Å². The van der Waals surface area contributed by atoms with Gasteiger partial charge >= 0.3 is 5.88 Å². The van der Waals surface area contributed by atoms with Crippen LogP contribution >= 0.6 is 23.1 Å². The van der Waals surface area contributed by atoms with Crippen LogP contribution in [0.3, 0.4) is 0 Å². The number of thioether (sulfide) groups is 1. The lowest BCUT2D eigenvalue weighted by molar-refractivity contribution is -0.402. The molecule has 3 aromatic carbocycles. The van der Waals surface area contributed by atoms with E-state index in [9.17, 15) is 39.5 Å². The second-order valence-electron chi connectivity index (χ2n) is 14.5. The molecule has 4 heterocycles. The van der Waals surface area contributed by atoms with Gasteiger partial charge in [-0.25, -0.2) is 15.0 Å². The number of carbonyl (C=O) groups excluding carboxylic acids is 4. The molecule has 0 saturated heterocycles. The van der Waals surface area contributed by atoms with Crippen LogP contribution in [0.4, 0.5) is 11.7 Å². The molecule has 20 heteroatoms. The van der Waals surface area contributed by atoms with E-state index in [2.05, 4.69) is 36.2 Å². The number of hydrogen-bond acceptors (Lipinski definition) is 15. The molecule has 0 aliphatic carbocycles. The van der Waals surface area contributed by atoms with Gasteiger partial charge < -0.3 is 40.8 Å². The third-order valence-corrected chi connectivity index (χ3v) is 11.9. The number of aromatic nitrogens is 3. The first kappa shape index (κ1) is 45.4. The van der Waals surface area contributed by atoms with Crippen LogP contribution in [-0.2, 0) is 14.4 Å². The number of anilines is 1. The quantitative estimate of drug-likeness (QED) is 0.0257. The van der Waals surface area contributed by atoms with Crippen LogP contribution in [0.25, 0.3) is 33.6 Å². The molecule has 1 aliphatic rings. The van der Waals surface area contributed by atoms with Crippen molar-refractivity contribution in [2.75, 3.05) is 31.5 Å². The average molecular weight is 918 g/mol. The van der Waals surface area contributed by atoms with E-state index < -0.39 is 16.7 Å². The number of unbranched alkanes of at least 4 members (excludes halogenated alkanes) is 1. The van der Waals surface area contributed by atoms with Gasteiger partial charge in [-0.3, -0.25) is 29.3 Å². The highest BCUT2D eigenvalue weighted by Crippen LogP contribution is 2.38. The predicted molar refractivity (Wildman–Crippen MR) is 246 cm³/mol. The maximum Gasteiger partial charge on any atom is 0.433 e. The van der Waals surface area contributed by atoms with E-state index in [-0.39, 0.29) is 83.6 Å². The van der Waals surface area contributed by atoms with Gasteiger partial charge in [0.15, 0.2) is 5.82 Å². The van der Waals surface area contributed by atoms with Crippen LogP contribution in [0.5, 0.6) is 11.5 Å². The Labute approximate surface area is 380 Å². The summed E-state index contributed by atoms with van der Waals surface area (Å²) in [5.74, 6) is -0.999. The van der Waals surface area contributed by atoms with Gasteiger partial charge in [0.05, 0.1) is 17.1 Å². The number of para-hydroxylation sites is 3. The van der Waals surface area contributed by atoms with Crippen LogP contribution in [0, 0.1) is 10.1 Å². The van der Waals surface area contributed by atoms with Crippen LogP contribution < -0.4 is 21.3 Å². The molecule has 334 valence electrons. The Morgan fingerprint density at radius 2 is 1.57 bits per heavy atom. The normalized spacial score (nSPS) is 13.3. The summed E-state index contributed by atoms with van der Waals surface area (Å²) in [5.41, 5.74) is 2.31. The second kappa shape index (κ2) is 21.7. The van der Waals surface area contributed by atoms with E-state index in [0.717, 1.165) is 0 Å².